The van der Waals surface area contributed by atoms with Gasteiger partial charge in [0, 0.05) is 32.1 Å². The number of hydrogen-bond donors (Lipinski definition) is 4. The van der Waals surface area contributed by atoms with Crippen molar-refractivity contribution in [3.63, 3.8) is 0 Å². The van der Waals surface area contributed by atoms with E-state index in [1.165, 1.54) is 43.1 Å². The molecule has 0 radical (unpaired) electrons. The first-order valence-electron chi connectivity index (χ1n) is 11.3. The maximum absolute atomic E-state index is 13.4. The topological polar surface area (TPSA) is 145 Å². The van der Waals surface area contributed by atoms with Gasteiger partial charge in [0.1, 0.15) is 11.8 Å². The average Bonchev–Trinajstić information content (AvgIpc) is 2.84. The van der Waals surface area contributed by atoms with Crippen molar-refractivity contribution < 1.29 is 27.9 Å². The van der Waals surface area contributed by atoms with E-state index in [4.69, 9.17) is 0 Å². The number of anilines is 2. The minimum atomic E-state index is -4.18. The number of hydrogen-bond acceptors (Lipinski definition) is 6. The van der Waals surface area contributed by atoms with Crippen LogP contribution in [0.1, 0.15) is 18.1 Å². The van der Waals surface area contributed by atoms with E-state index < -0.39 is 28.0 Å². The number of carbonyl (C=O) groups is 3. The Morgan fingerprint density at radius 3 is 2.24 bits per heavy atom. The molecule has 0 aliphatic rings. The van der Waals surface area contributed by atoms with Gasteiger partial charge in [-0.15, -0.1) is 0 Å². The number of likely N-dealkylation sites (N-methyl/N-ethyl adjacent to an activating group) is 1. The van der Waals surface area contributed by atoms with Crippen LogP contribution >= 0.6 is 0 Å². The van der Waals surface area contributed by atoms with Crippen molar-refractivity contribution in [2.75, 3.05) is 17.3 Å². The summed E-state index contributed by atoms with van der Waals surface area (Å²) >= 11 is 0. The van der Waals surface area contributed by atoms with E-state index in [1.807, 2.05) is 4.72 Å². The predicted molar refractivity (Wildman–Crippen MR) is 140 cm³/mol. The first kappa shape index (κ1) is 27.2. The lowest BCUT2D eigenvalue weighted by Gasteiger charge is -2.25. The molecule has 194 valence electrons. The number of phenolic OH excluding ortho intramolecular Hbond substituents is 1. The number of benzene rings is 3. The summed E-state index contributed by atoms with van der Waals surface area (Å²) in [6.07, 6.45) is 0.0812. The minimum Gasteiger partial charge on any atom is -0.506 e. The Bertz CT molecular complexity index is 1410. The Balaban J connectivity index is 1.83. The second kappa shape index (κ2) is 11.6. The van der Waals surface area contributed by atoms with Crippen LogP contribution in [0.4, 0.5) is 16.2 Å². The number of phenols is 1. The highest BCUT2D eigenvalue weighted by molar-refractivity contribution is 7.90. The minimum absolute atomic E-state index is 0.0528. The molecular formula is C26H28N4O6S. The molecule has 0 unspecified atom stereocenters. The fourth-order valence-corrected chi connectivity index (χ4v) is 4.82. The molecule has 3 aromatic carbocycles. The fourth-order valence-electron chi connectivity index (χ4n) is 3.66. The van der Waals surface area contributed by atoms with Crippen LogP contribution in [0.25, 0.3) is 0 Å². The van der Waals surface area contributed by atoms with Gasteiger partial charge < -0.3 is 20.6 Å². The van der Waals surface area contributed by atoms with E-state index in [9.17, 15) is 27.9 Å². The second-order valence-electron chi connectivity index (χ2n) is 8.37. The molecule has 1 atom stereocenters. The smallest absolute Gasteiger partial charge is 0.329 e. The number of nitrogens with zero attached hydrogens (tertiary/aromatic N) is 1. The molecule has 3 rings (SSSR count). The van der Waals surface area contributed by atoms with Crippen LogP contribution in [0.3, 0.4) is 0 Å². The highest BCUT2D eigenvalue weighted by Gasteiger charge is 2.28. The molecule has 0 aliphatic heterocycles. The molecule has 0 bridgehead atoms. The molecule has 0 heterocycles. The average molecular weight is 525 g/mol. The van der Waals surface area contributed by atoms with Crippen LogP contribution in [0.15, 0.2) is 77.7 Å². The third kappa shape index (κ3) is 7.07. The van der Waals surface area contributed by atoms with Crippen LogP contribution in [0, 0.1) is 6.92 Å². The number of carbonyl (C=O) groups excluding carboxylic acids is 3. The molecule has 11 heteroatoms. The molecule has 10 nitrogen and oxygen atoms in total. The molecule has 0 fully saturated rings. The lowest BCUT2D eigenvalue weighted by molar-refractivity contribution is -0.120. The molecule has 3 aromatic rings. The van der Waals surface area contributed by atoms with Gasteiger partial charge >= 0.3 is 6.03 Å². The number of amides is 4. The monoisotopic (exact) mass is 524 g/mol. The van der Waals surface area contributed by atoms with E-state index in [-0.39, 0.29) is 28.7 Å². The Labute approximate surface area is 215 Å². The fraction of sp³-hybridized carbons (Fsp3) is 0.192. The molecule has 0 aliphatic carbocycles. The van der Waals surface area contributed by atoms with Crippen LogP contribution in [0.2, 0.25) is 0 Å². The summed E-state index contributed by atoms with van der Waals surface area (Å²) in [5.74, 6) is -1.17. The second-order valence-corrected chi connectivity index (χ2v) is 10.0. The van der Waals surface area contributed by atoms with Crippen molar-refractivity contribution in [3.05, 3.63) is 83.9 Å². The van der Waals surface area contributed by atoms with Crippen LogP contribution in [-0.4, -0.2) is 44.5 Å². The largest absolute Gasteiger partial charge is 0.506 e. The van der Waals surface area contributed by atoms with Gasteiger partial charge in [-0.3, -0.25) is 9.59 Å². The zero-order valence-corrected chi connectivity index (χ0v) is 21.4. The first-order chi connectivity index (χ1) is 17.5. The van der Waals surface area contributed by atoms with Crippen molar-refractivity contribution in [2.45, 2.75) is 31.2 Å². The summed E-state index contributed by atoms with van der Waals surface area (Å²) in [6, 6.07) is 17.2. The quantitative estimate of drug-likeness (QED) is 0.334. The number of aryl methyl sites for hydroxylation is 1. The Morgan fingerprint density at radius 2 is 1.62 bits per heavy atom. The summed E-state index contributed by atoms with van der Waals surface area (Å²) in [7, 11) is -2.73. The van der Waals surface area contributed by atoms with E-state index in [2.05, 4.69) is 10.6 Å². The van der Waals surface area contributed by atoms with Gasteiger partial charge in [-0.25, -0.2) is 17.9 Å². The molecular weight excluding hydrogens is 496 g/mol. The first-order valence-corrected chi connectivity index (χ1v) is 12.8. The van der Waals surface area contributed by atoms with Gasteiger partial charge in [-0.05, 0) is 36.2 Å². The van der Waals surface area contributed by atoms with Gasteiger partial charge in [0.05, 0.1) is 10.6 Å². The standard InChI is InChI=1S/C26H28N4O6S/c1-17-9-7-8-12-24(17)37(35,36)29-26(34)28-22(15-19-10-5-4-6-11-19)25(33)30(3)20-13-14-21(23(32)16-20)27-18(2)31/h4-14,16,22,32H,15H2,1-3H3,(H,27,31)(H2,28,29,34)/t22-/m0/s1. The lowest BCUT2D eigenvalue weighted by Crippen LogP contribution is -2.52. The van der Waals surface area contributed by atoms with Gasteiger partial charge in [0.2, 0.25) is 11.8 Å². The molecule has 4 amide bonds. The van der Waals surface area contributed by atoms with Crippen molar-refractivity contribution >= 4 is 39.2 Å². The zero-order chi connectivity index (χ0) is 27.2. The van der Waals surface area contributed by atoms with E-state index >= 15 is 0 Å². The Kier molecular flexibility index (Phi) is 8.51. The summed E-state index contributed by atoms with van der Waals surface area (Å²) in [5.41, 5.74) is 1.67. The number of urea groups is 1. The highest BCUT2D eigenvalue weighted by Crippen LogP contribution is 2.29. The molecule has 0 saturated carbocycles. The van der Waals surface area contributed by atoms with Gasteiger partial charge in [-0.1, -0.05) is 48.5 Å². The van der Waals surface area contributed by atoms with Gasteiger partial charge in [0.25, 0.3) is 10.0 Å². The molecule has 37 heavy (non-hydrogen) atoms. The van der Waals surface area contributed by atoms with E-state index in [1.54, 1.807) is 55.5 Å². The van der Waals surface area contributed by atoms with Crippen LogP contribution < -0.4 is 20.3 Å². The van der Waals surface area contributed by atoms with Gasteiger partial charge in [-0.2, -0.15) is 0 Å². The van der Waals surface area contributed by atoms with Crippen molar-refractivity contribution in [1.82, 2.24) is 10.0 Å². The third-order valence-corrected chi connectivity index (χ3v) is 7.00. The zero-order valence-electron chi connectivity index (χ0n) is 20.6. The van der Waals surface area contributed by atoms with Crippen molar-refractivity contribution in [1.29, 1.82) is 0 Å². The lowest BCUT2D eigenvalue weighted by atomic mass is 10.0. The molecule has 4 N–H and O–H groups in total. The van der Waals surface area contributed by atoms with E-state index in [0.717, 1.165) is 5.56 Å². The van der Waals surface area contributed by atoms with Crippen molar-refractivity contribution in [2.24, 2.45) is 0 Å². The van der Waals surface area contributed by atoms with Crippen LogP contribution in [0.5, 0.6) is 5.75 Å². The summed E-state index contributed by atoms with van der Waals surface area (Å²) in [4.78, 5) is 38.6. The third-order valence-electron chi connectivity index (χ3n) is 5.51. The highest BCUT2D eigenvalue weighted by atomic mass is 32.2. The number of rotatable bonds is 8. The molecule has 0 saturated heterocycles. The molecule has 0 aromatic heterocycles. The van der Waals surface area contributed by atoms with Crippen LogP contribution in [-0.2, 0) is 26.0 Å². The van der Waals surface area contributed by atoms with E-state index in [0.29, 0.717) is 11.3 Å². The number of nitrogens with one attached hydrogen (secondary N) is 3. The number of aromatic hydroxyl groups is 1. The maximum Gasteiger partial charge on any atom is 0.329 e. The molecule has 0 spiro atoms. The van der Waals surface area contributed by atoms with Crippen molar-refractivity contribution in [3.8, 4) is 5.75 Å². The SMILES string of the molecule is CC(=O)Nc1ccc(N(C)C(=O)[C@H](Cc2ccccc2)NC(=O)NS(=O)(=O)c2ccccc2C)cc1O. The summed E-state index contributed by atoms with van der Waals surface area (Å²) in [6.45, 7) is 2.91. The normalized spacial score (nSPS) is 11.8. The number of sulfonamides is 1. The Hall–Kier alpha value is -4.38. The maximum atomic E-state index is 13.4. The Morgan fingerprint density at radius 1 is 0.973 bits per heavy atom. The van der Waals surface area contributed by atoms with Gasteiger partial charge in [0.15, 0.2) is 0 Å². The summed E-state index contributed by atoms with van der Waals surface area (Å²) in [5, 5.41) is 15.2. The summed E-state index contributed by atoms with van der Waals surface area (Å²) < 4.78 is 27.5. The predicted octanol–water partition coefficient (Wildman–Crippen LogP) is 2.92.